The molecule has 0 spiro atoms. The molecular formula is C13H16N2O4. The quantitative estimate of drug-likeness (QED) is 0.760. The first kappa shape index (κ1) is 13.3. The van der Waals surface area contributed by atoms with Gasteiger partial charge in [0.25, 0.3) is 5.91 Å². The summed E-state index contributed by atoms with van der Waals surface area (Å²) in [6.07, 6.45) is 5.13. The molecule has 1 fully saturated rings. The lowest BCUT2D eigenvalue weighted by Gasteiger charge is -2.26. The highest BCUT2D eigenvalue weighted by molar-refractivity contribution is 5.94. The van der Waals surface area contributed by atoms with E-state index >= 15 is 0 Å². The highest BCUT2D eigenvalue weighted by atomic mass is 16.4. The molecule has 19 heavy (non-hydrogen) atoms. The van der Waals surface area contributed by atoms with Gasteiger partial charge in [0.05, 0.1) is 17.7 Å². The molecule has 0 aliphatic heterocycles. The van der Waals surface area contributed by atoms with Crippen molar-refractivity contribution in [3.05, 3.63) is 24.0 Å². The van der Waals surface area contributed by atoms with E-state index in [2.05, 4.69) is 10.3 Å². The molecule has 0 radical (unpaired) electrons. The van der Waals surface area contributed by atoms with Crippen LogP contribution < -0.4 is 5.32 Å². The number of nitrogens with zero attached hydrogens (tertiary/aromatic N) is 1. The van der Waals surface area contributed by atoms with E-state index in [4.69, 9.17) is 5.11 Å². The van der Waals surface area contributed by atoms with Gasteiger partial charge in [-0.3, -0.25) is 14.6 Å². The number of aliphatic carboxylic acids is 1. The second-order valence-electron chi connectivity index (χ2n) is 4.79. The molecule has 1 heterocycles. The minimum Gasteiger partial charge on any atom is -0.506 e. The van der Waals surface area contributed by atoms with Crippen LogP contribution in [0.3, 0.4) is 0 Å². The Kier molecular flexibility index (Phi) is 3.99. The minimum absolute atomic E-state index is 0.00884. The molecule has 2 rings (SSSR count). The average Bonchev–Trinajstić information content (AvgIpc) is 2.39. The molecule has 0 bridgehead atoms. The van der Waals surface area contributed by atoms with Gasteiger partial charge in [-0.2, -0.15) is 0 Å². The van der Waals surface area contributed by atoms with Crippen LogP contribution in [0.4, 0.5) is 0 Å². The third kappa shape index (κ3) is 3.43. The summed E-state index contributed by atoms with van der Waals surface area (Å²) < 4.78 is 0. The third-order valence-corrected chi connectivity index (χ3v) is 3.40. The van der Waals surface area contributed by atoms with Crippen molar-refractivity contribution in [1.82, 2.24) is 10.3 Å². The van der Waals surface area contributed by atoms with Gasteiger partial charge in [0.2, 0.25) is 0 Å². The van der Waals surface area contributed by atoms with Crippen molar-refractivity contribution in [3.8, 4) is 5.75 Å². The smallest absolute Gasteiger partial charge is 0.306 e. The molecule has 6 nitrogen and oxygen atoms in total. The van der Waals surface area contributed by atoms with Crippen LogP contribution in [-0.2, 0) is 4.79 Å². The Morgan fingerprint density at radius 3 is 2.47 bits per heavy atom. The maximum Gasteiger partial charge on any atom is 0.306 e. The Labute approximate surface area is 110 Å². The zero-order valence-electron chi connectivity index (χ0n) is 10.4. The number of hydrogen-bond donors (Lipinski definition) is 3. The highest BCUT2D eigenvalue weighted by Gasteiger charge is 2.26. The minimum atomic E-state index is -0.762. The number of pyridine rings is 1. The van der Waals surface area contributed by atoms with Crippen LogP contribution in [0.2, 0.25) is 0 Å². The first-order valence-corrected chi connectivity index (χ1v) is 6.24. The molecule has 1 aromatic heterocycles. The molecule has 6 heteroatoms. The fourth-order valence-corrected chi connectivity index (χ4v) is 2.31. The van der Waals surface area contributed by atoms with E-state index in [1.165, 1.54) is 18.5 Å². The standard InChI is InChI=1S/C13H16N2O4/c16-11-5-9(6-14-7-11)12(17)15-10-3-1-8(2-4-10)13(18)19/h5-8,10,16H,1-4H2,(H,15,17)(H,18,19). The maximum atomic E-state index is 11.9. The van der Waals surface area contributed by atoms with Gasteiger partial charge in [-0.1, -0.05) is 0 Å². The van der Waals surface area contributed by atoms with Crippen LogP contribution >= 0.6 is 0 Å². The summed E-state index contributed by atoms with van der Waals surface area (Å²) in [7, 11) is 0. The van der Waals surface area contributed by atoms with Gasteiger partial charge in [-0.25, -0.2) is 0 Å². The van der Waals surface area contributed by atoms with Crippen LogP contribution in [0, 0.1) is 5.92 Å². The Hall–Kier alpha value is -2.11. The summed E-state index contributed by atoms with van der Waals surface area (Å²) in [5, 5.41) is 21.0. The van der Waals surface area contributed by atoms with Crippen molar-refractivity contribution in [1.29, 1.82) is 0 Å². The van der Waals surface area contributed by atoms with Gasteiger partial charge < -0.3 is 15.5 Å². The van der Waals surface area contributed by atoms with E-state index < -0.39 is 5.97 Å². The number of nitrogens with one attached hydrogen (secondary N) is 1. The molecule has 0 aromatic carbocycles. The van der Waals surface area contributed by atoms with Gasteiger partial charge in [0, 0.05) is 12.2 Å². The second-order valence-corrected chi connectivity index (χ2v) is 4.79. The van der Waals surface area contributed by atoms with Crippen molar-refractivity contribution in [2.45, 2.75) is 31.7 Å². The molecule has 0 atom stereocenters. The van der Waals surface area contributed by atoms with Crippen molar-refractivity contribution < 1.29 is 19.8 Å². The predicted molar refractivity (Wildman–Crippen MR) is 66.7 cm³/mol. The summed E-state index contributed by atoms with van der Waals surface area (Å²) in [4.78, 5) is 26.5. The largest absolute Gasteiger partial charge is 0.506 e. The molecule has 0 unspecified atom stereocenters. The number of aromatic nitrogens is 1. The van der Waals surface area contributed by atoms with Gasteiger partial charge in [-0.15, -0.1) is 0 Å². The number of carbonyl (C=O) groups is 2. The molecule has 1 aliphatic carbocycles. The zero-order chi connectivity index (χ0) is 13.8. The van der Waals surface area contributed by atoms with Crippen LogP contribution in [-0.4, -0.2) is 33.1 Å². The highest BCUT2D eigenvalue weighted by Crippen LogP contribution is 2.24. The SMILES string of the molecule is O=C(NC1CCC(C(=O)O)CC1)c1cncc(O)c1. The molecule has 3 N–H and O–H groups in total. The summed E-state index contributed by atoms with van der Waals surface area (Å²) in [5.41, 5.74) is 0.306. The molecule has 1 aliphatic rings. The number of hydrogen-bond acceptors (Lipinski definition) is 4. The lowest BCUT2D eigenvalue weighted by Crippen LogP contribution is -2.38. The van der Waals surface area contributed by atoms with Crippen molar-refractivity contribution in [2.24, 2.45) is 5.92 Å². The first-order valence-electron chi connectivity index (χ1n) is 6.24. The van der Waals surface area contributed by atoms with Crippen LogP contribution in [0.1, 0.15) is 36.0 Å². The lowest BCUT2D eigenvalue weighted by molar-refractivity contribution is -0.142. The number of aromatic hydroxyl groups is 1. The number of rotatable bonds is 3. The van der Waals surface area contributed by atoms with E-state index in [0.29, 0.717) is 31.2 Å². The van der Waals surface area contributed by atoms with Crippen LogP contribution in [0.25, 0.3) is 0 Å². The van der Waals surface area contributed by atoms with Gasteiger partial charge in [0.1, 0.15) is 5.75 Å². The zero-order valence-corrected chi connectivity index (χ0v) is 10.4. The summed E-state index contributed by atoms with van der Waals surface area (Å²) >= 11 is 0. The molecule has 0 saturated heterocycles. The van der Waals surface area contributed by atoms with E-state index in [0.717, 1.165) is 0 Å². The molecule has 102 valence electrons. The van der Waals surface area contributed by atoms with Crippen molar-refractivity contribution in [3.63, 3.8) is 0 Å². The number of carboxylic acids is 1. The Morgan fingerprint density at radius 2 is 1.89 bits per heavy atom. The van der Waals surface area contributed by atoms with Crippen LogP contribution in [0.15, 0.2) is 18.5 Å². The average molecular weight is 264 g/mol. The van der Waals surface area contributed by atoms with Crippen molar-refractivity contribution >= 4 is 11.9 Å². The Bertz CT molecular complexity index is 481. The second kappa shape index (κ2) is 5.69. The number of carboxylic acid groups (broad SMARTS) is 1. The topological polar surface area (TPSA) is 99.5 Å². The van der Waals surface area contributed by atoms with E-state index in [-0.39, 0.29) is 23.6 Å². The van der Waals surface area contributed by atoms with E-state index in [1.807, 2.05) is 0 Å². The molecule has 1 amide bonds. The molecule has 1 aromatic rings. The van der Waals surface area contributed by atoms with Crippen LogP contribution in [0.5, 0.6) is 5.75 Å². The monoisotopic (exact) mass is 264 g/mol. The lowest BCUT2D eigenvalue weighted by atomic mass is 9.86. The van der Waals surface area contributed by atoms with Gasteiger partial charge in [0.15, 0.2) is 0 Å². The third-order valence-electron chi connectivity index (χ3n) is 3.40. The van der Waals surface area contributed by atoms with E-state index in [1.54, 1.807) is 0 Å². The first-order chi connectivity index (χ1) is 9.06. The number of carbonyl (C=O) groups excluding carboxylic acids is 1. The predicted octanol–water partition coefficient (Wildman–Crippen LogP) is 1.16. The summed E-state index contributed by atoms with van der Waals surface area (Å²) in [5.74, 6) is -1.40. The Morgan fingerprint density at radius 1 is 1.21 bits per heavy atom. The van der Waals surface area contributed by atoms with Crippen molar-refractivity contribution in [2.75, 3.05) is 0 Å². The summed E-state index contributed by atoms with van der Waals surface area (Å²) in [6.45, 7) is 0. The van der Waals surface area contributed by atoms with Gasteiger partial charge in [-0.05, 0) is 31.7 Å². The summed E-state index contributed by atoms with van der Waals surface area (Å²) in [6, 6.07) is 1.34. The van der Waals surface area contributed by atoms with Gasteiger partial charge >= 0.3 is 5.97 Å². The molecular weight excluding hydrogens is 248 g/mol. The normalized spacial score (nSPS) is 22.7. The van der Waals surface area contributed by atoms with E-state index in [9.17, 15) is 14.7 Å². The Balaban J connectivity index is 1.89. The fourth-order valence-electron chi connectivity index (χ4n) is 2.31. The molecule has 1 saturated carbocycles. The fraction of sp³-hybridized carbons (Fsp3) is 0.462. The maximum absolute atomic E-state index is 11.9. The number of amides is 1.